The number of hydrogen-bond donors (Lipinski definition) is 1. The van der Waals surface area contributed by atoms with E-state index >= 15 is 0 Å². The van der Waals surface area contributed by atoms with Crippen LogP contribution in [0.2, 0.25) is 0 Å². The molecule has 1 aliphatic carbocycles. The van der Waals surface area contributed by atoms with Crippen LogP contribution in [0.1, 0.15) is 40.2 Å². The van der Waals surface area contributed by atoms with Crippen molar-refractivity contribution in [1.82, 2.24) is 20.2 Å². The van der Waals surface area contributed by atoms with Gasteiger partial charge < -0.3 is 15.1 Å². The maximum atomic E-state index is 12.8. The van der Waals surface area contributed by atoms with Crippen molar-refractivity contribution in [3.63, 3.8) is 0 Å². The molecule has 0 bridgehead atoms. The van der Waals surface area contributed by atoms with E-state index in [9.17, 15) is 4.79 Å². The predicted octanol–water partition coefficient (Wildman–Crippen LogP) is 5.19. The molecule has 7 heteroatoms. The van der Waals surface area contributed by atoms with E-state index in [0.29, 0.717) is 19.6 Å². The van der Waals surface area contributed by atoms with E-state index < -0.39 is 0 Å². The Morgan fingerprint density at radius 1 is 0.861 bits per heavy atom. The van der Waals surface area contributed by atoms with Crippen molar-refractivity contribution in [1.29, 1.82) is 0 Å². The largest absolute Gasteiger partial charge is 0.352 e. The van der Waals surface area contributed by atoms with Crippen molar-refractivity contribution in [2.45, 2.75) is 38.6 Å². The highest BCUT2D eigenvalue weighted by molar-refractivity contribution is 7.19. The zero-order valence-electron chi connectivity index (χ0n) is 20.4. The number of benzene rings is 2. The second-order valence-electron chi connectivity index (χ2n) is 9.64. The summed E-state index contributed by atoms with van der Waals surface area (Å²) >= 11 is 1.86. The Balaban J connectivity index is 1.22. The highest BCUT2D eigenvalue weighted by Crippen LogP contribution is 2.40. The van der Waals surface area contributed by atoms with Gasteiger partial charge in [0, 0.05) is 44.0 Å². The number of anilines is 1. The maximum Gasteiger partial charge on any atom is 0.317 e. The lowest BCUT2D eigenvalue weighted by Gasteiger charge is -2.36. The summed E-state index contributed by atoms with van der Waals surface area (Å²) in [6.07, 6.45) is 5.49. The minimum atomic E-state index is 0.00372. The first-order chi connectivity index (χ1) is 17.7. The summed E-state index contributed by atoms with van der Waals surface area (Å²) in [4.78, 5) is 29.9. The molecular formula is C29H31N5OS. The molecule has 0 unspecified atom stereocenters. The first-order valence-electron chi connectivity index (χ1n) is 12.9. The third kappa shape index (κ3) is 4.80. The van der Waals surface area contributed by atoms with Crippen LogP contribution >= 0.6 is 11.3 Å². The van der Waals surface area contributed by atoms with Gasteiger partial charge in [0.1, 0.15) is 16.5 Å². The van der Waals surface area contributed by atoms with Crippen LogP contribution in [0.3, 0.4) is 0 Å². The fourth-order valence-electron chi connectivity index (χ4n) is 5.27. The minimum absolute atomic E-state index is 0.00372. The molecule has 2 aliphatic rings. The SMILES string of the molecule is O=C(NCc1ccccc1)N1CCN(c2nc(Cc3ccccc3)nc3sc4c(c23)CCCC4)CC1. The van der Waals surface area contributed by atoms with Crippen LogP contribution in [0.25, 0.3) is 10.2 Å². The molecule has 3 heterocycles. The van der Waals surface area contributed by atoms with Gasteiger partial charge in [0.05, 0.1) is 5.39 Å². The van der Waals surface area contributed by atoms with Gasteiger partial charge in [0.25, 0.3) is 0 Å². The Hall–Kier alpha value is -3.45. The van der Waals surface area contributed by atoms with Gasteiger partial charge in [-0.25, -0.2) is 14.8 Å². The summed E-state index contributed by atoms with van der Waals surface area (Å²) in [5, 5.41) is 4.33. The second kappa shape index (κ2) is 10.3. The van der Waals surface area contributed by atoms with E-state index in [4.69, 9.17) is 9.97 Å². The number of urea groups is 1. The van der Waals surface area contributed by atoms with Crippen LogP contribution in [-0.4, -0.2) is 47.1 Å². The Morgan fingerprint density at radius 2 is 1.56 bits per heavy atom. The zero-order valence-corrected chi connectivity index (χ0v) is 21.3. The Kier molecular flexibility index (Phi) is 6.55. The molecule has 0 radical (unpaired) electrons. The van der Waals surface area contributed by atoms with E-state index in [2.05, 4.69) is 34.5 Å². The molecule has 0 saturated carbocycles. The second-order valence-corrected chi connectivity index (χ2v) is 10.7. The summed E-state index contributed by atoms with van der Waals surface area (Å²) in [6, 6.07) is 20.5. The van der Waals surface area contributed by atoms with Crippen LogP contribution in [0.5, 0.6) is 0 Å². The molecule has 1 fully saturated rings. The lowest BCUT2D eigenvalue weighted by molar-refractivity contribution is 0.194. The van der Waals surface area contributed by atoms with Crippen molar-refractivity contribution in [3.05, 3.63) is 88.1 Å². The molecule has 1 saturated heterocycles. The standard InChI is InChI=1S/C29H31N5OS/c35-29(30-20-22-11-5-2-6-12-22)34-17-15-33(16-18-34)27-26-23-13-7-8-14-24(23)36-28(26)32-25(31-27)19-21-9-3-1-4-10-21/h1-6,9-12H,7-8,13-20H2,(H,30,35). The van der Waals surface area contributed by atoms with Gasteiger partial charge in [0.2, 0.25) is 0 Å². The van der Waals surface area contributed by atoms with Gasteiger partial charge in [-0.1, -0.05) is 60.7 Å². The van der Waals surface area contributed by atoms with Gasteiger partial charge in [-0.15, -0.1) is 11.3 Å². The first kappa shape index (κ1) is 23.0. The number of amides is 2. The number of hydrogen-bond acceptors (Lipinski definition) is 5. The quantitative estimate of drug-likeness (QED) is 0.412. The fourth-order valence-corrected chi connectivity index (χ4v) is 6.55. The lowest BCUT2D eigenvalue weighted by Crippen LogP contribution is -2.52. The normalized spacial score (nSPS) is 15.7. The van der Waals surface area contributed by atoms with E-state index in [1.54, 1.807) is 0 Å². The average Bonchev–Trinajstić information content (AvgIpc) is 3.31. The topological polar surface area (TPSA) is 61.4 Å². The van der Waals surface area contributed by atoms with Gasteiger partial charge in [-0.2, -0.15) is 0 Å². The zero-order chi connectivity index (χ0) is 24.3. The lowest BCUT2D eigenvalue weighted by atomic mass is 9.96. The third-order valence-electron chi connectivity index (χ3n) is 7.20. The van der Waals surface area contributed by atoms with Gasteiger partial charge in [-0.3, -0.25) is 0 Å². The summed E-state index contributed by atoms with van der Waals surface area (Å²) in [7, 11) is 0. The predicted molar refractivity (Wildman–Crippen MR) is 146 cm³/mol. The highest BCUT2D eigenvalue weighted by atomic mass is 32.1. The molecule has 4 aromatic rings. The number of nitrogens with one attached hydrogen (secondary N) is 1. The Bertz CT molecular complexity index is 1350. The molecule has 1 N–H and O–H groups in total. The summed E-state index contributed by atoms with van der Waals surface area (Å²) in [6.45, 7) is 3.48. The van der Waals surface area contributed by atoms with Crippen molar-refractivity contribution in [3.8, 4) is 0 Å². The highest BCUT2D eigenvalue weighted by Gasteiger charge is 2.27. The molecular weight excluding hydrogens is 466 g/mol. The van der Waals surface area contributed by atoms with Crippen LogP contribution in [-0.2, 0) is 25.8 Å². The number of rotatable bonds is 5. The third-order valence-corrected chi connectivity index (χ3v) is 8.39. The average molecular weight is 498 g/mol. The molecule has 0 atom stereocenters. The van der Waals surface area contributed by atoms with Crippen molar-refractivity contribution >= 4 is 33.4 Å². The monoisotopic (exact) mass is 497 g/mol. The van der Waals surface area contributed by atoms with E-state index in [-0.39, 0.29) is 6.03 Å². The van der Waals surface area contributed by atoms with Gasteiger partial charge >= 0.3 is 6.03 Å². The molecule has 184 valence electrons. The molecule has 2 aromatic heterocycles. The summed E-state index contributed by atoms with van der Waals surface area (Å²) in [5.41, 5.74) is 3.80. The van der Waals surface area contributed by atoms with E-state index in [1.165, 1.54) is 34.2 Å². The van der Waals surface area contributed by atoms with Crippen LogP contribution in [0, 0.1) is 0 Å². The van der Waals surface area contributed by atoms with Crippen LogP contribution in [0.15, 0.2) is 60.7 Å². The Labute approximate surface area is 216 Å². The number of piperazine rings is 1. The molecule has 6 rings (SSSR count). The maximum absolute atomic E-state index is 12.8. The van der Waals surface area contributed by atoms with Crippen molar-refractivity contribution in [2.24, 2.45) is 0 Å². The number of nitrogens with zero attached hydrogens (tertiary/aromatic N) is 4. The van der Waals surface area contributed by atoms with E-state index in [1.807, 2.05) is 52.6 Å². The molecule has 2 amide bonds. The Morgan fingerprint density at radius 3 is 2.31 bits per heavy atom. The fraction of sp³-hybridized carbons (Fsp3) is 0.345. The molecule has 6 nitrogen and oxygen atoms in total. The van der Waals surface area contributed by atoms with Gasteiger partial charge in [0.15, 0.2) is 0 Å². The molecule has 1 aliphatic heterocycles. The van der Waals surface area contributed by atoms with Crippen LogP contribution < -0.4 is 10.2 Å². The molecule has 2 aromatic carbocycles. The summed E-state index contributed by atoms with van der Waals surface area (Å²) in [5.74, 6) is 1.94. The minimum Gasteiger partial charge on any atom is -0.352 e. The van der Waals surface area contributed by atoms with E-state index in [0.717, 1.165) is 54.4 Å². The number of carbonyl (C=O) groups is 1. The number of carbonyl (C=O) groups excluding carboxylic acids is 1. The number of fused-ring (bicyclic) bond motifs is 3. The number of aromatic nitrogens is 2. The molecule has 0 spiro atoms. The number of thiophene rings is 1. The number of aryl methyl sites for hydroxylation is 2. The smallest absolute Gasteiger partial charge is 0.317 e. The van der Waals surface area contributed by atoms with Crippen molar-refractivity contribution in [2.75, 3.05) is 31.1 Å². The van der Waals surface area contributed by atoms with Crippen LogP contribution in [0.4, 0.5) is 10.6 Å². The van der Waals surface area contributed by atoms with Gasteiger partial charge in [-0.05, 0) is 42.4 Å². The molecule has 36 heavy (non-hydrogen) atoms. The first-order valence-corrected chi connectivity index (χ1v) is 13.7. The summed E-state index contributed by atoms with van der Waals surface area (Å²) < 4.78 is 0. The van der Waals surface area contributed by atoms with Crippen molar-refractivity contribution < 1.29 is 4.79 Å².